The molecule has 3 nitrogen and oxygen atoms in total. The zero-order chi connectivity index (χ0) is 18.1. The molecule has 0 saturated carbocycles. The maximum atomic E-state index is 2.49. The second-order valence-electron chi connectivity index (χ2n) is 7.95. The van der Waals surface area contributed by atoms with Crippen LogP contribution in [-0.2, 0) is 6.42 Å². The van der Waals surface area contributed by atoms with Crippen LogP contribution in [0.25, 0.3) is 22.7 Å². The highest BCUT2D eigenvalue weighted by Gasteiger charge is 2.40. The van der Waals surface area contributed by atoms with Gasteiger partial charge in [-0.15, -0.1) is 0 Å². The lowest BCUT2D eigenvalue weighted by atomic mass is 9.99. The summed E-state index contributed by atoms with van der Waals surface area (Å²) in [6, 6.07) is 15.8. The Morgan fingerprint density at radius 1 is 1.04 bits per heavy atom. The minimum Gasteiger partial charge on any atom is -0.360 e. The van der Waals surface area contributed by atoms with Gasteiger partial charge in [-0.25, -0.2) is 0 Å². The molecule has 3 aliphatic rings. The minimum absolute atomic E-state index is 0.411. The third-order valence-corrected chi connectivity index (χ3v) is 6.52. The molecule has 0 N–H and O–H groups in total. The molecular weight excluding hydrogens is 330 g/mol. The monoisotopic (exact) mass is 353 g/mol. The highest BCUT2D eigenvalue weighted by molar-refractivity contribution is 5.93. The molecule has 6 rings (SSSR count). The molecule has 27 heavy (non-hydrogen) atoms. The molecule has 0 amide bonds. The number of likely N-dealkylation sites (N-methyl/N-ethyl adjacent to an activating group) is 2. The standard InChI is InChI=1S/C24H23N3/c1-25-14-13-19-20-15-16(11-12-21(20)26(2)24(19)25)27-22-9-5-3-7-17(22)18-8-4-6-10-23(18)27/h3-5,7-9,11-15,19,24H,6,10H2,1-2H3. The normalized spacial score (nSPS) is 22.4. The summed E-state index contributed by atoms with van der Waals surface area (Å²) in [6.07, 6.45) is 11.8. The highest BCUT2D eigenvalue weighted by atomic mass is 15.4. The average Bonchev–Trinajstić information content (AvgIpc) is 3.33. The van der Waals surface area contributed by atoms with Gasteiger partial charge in [0.1, 0.15) is 6.17 Å². The number of benzene rings is 2. The first kappa shape index (κ1) is 15.2. The summed E-state index contributed by atoms with van der Waals surface area (Å²) in [4.78, 5) is 4.73. The Balaban J connectivity index is 1.59. The zero-order valence-electron chi connectivity index (χ0n) is 15.8. The Kier molecular flexibility index (Phi) is 2.97. The van der Waals surface area contributed by atoms with Gasteiger partial charge < -0.3 is 14.4 Å². The molecule has 0 fully saturated rings. The number of hydrogen-bond donors (Lipinski definition) is 0. The van der Waals surface area contributed by atoms with Crippen molar-refractivity contribution >= 4 is 22.7 Å². The van der Waals surface area contributed by atoms with Crippen LogP contribution in [0.5, 0.6) is 0 Å². The summed E-state index contributed by atoms with van der Waals surface area (Å²) in [5, 5.41) is 1.36. The molecule has 2 aromatic carbocycles. The Bertz CT molecular complexity index is 1130. The molecule has 2 unspecified atom stereocenters. The Hall–Kier alpha value is -2.94. The maximum Gasteiger partial charge on any atom is 0.111 e. The quantitative estimate of drug-likeness (QED) is 0.616. The zero-order valence-corrected chi connectivity index (χ0v) is 15.8. The summed E-state index contributed by atoms with van der Waals surface area (Å²) >= 11 is 0. The molecule has 1 aliphatic carbocycles. The van der Waals surface area contributed by atoms with Gasteiger partial charge in [-0.1, -0.05) is 36.4 Å². The van der Waals surface area contributed by atoms with Crippen molar-refractivity contribution in [3.8, 4) is 5.69 Å². The first-order valence-corrected chi connectivity index (χ1v) is 9.80. The van der Waals surface area contributed by atoms with E-state index in [1.54, 1.807) is 0 Å². The predicted octanol–water partition coefficient (Wildman–Crippen LogP) is 4.91. The van der Waals surface area contributed by atoms with E-state index >= 15 is 0 Å². The number of para-hydroxylation sites is 1. The molecule has 0 saturated heterocycles. The van der Waals surface area contributed by atoms with Gasteiger partial charge in [0.15, 0.2) is 0 Å². The van der Waals surface area contributed by atoms with E-state index in [0.29, 0.717) is 12.1 Å². The highest BCUT2D eigenvalue weighted by Crippen LogP contribution is 2.46. The number of aromatic nitrogens is 1. The number of anilines is 1. The van der Waals surface area contributed by atoms with Crippen molar-refractivity contribution in [3.63, 3.8) is 0 Å². The van der Waals surface area contributed by atoms with Crippen LogP contribution in [0.1, 0.15) is 29.2 Å². The molecule has 3 heteroatoms. The van der Waals surface area contributed by atoms with Gasteiger partial charge in [0, 0.05) is 48.0 Å². The number of hydrogen-bond acceptors (Lipinski definition) is 2. The van der Waals surface area contributed by atoms with Crippen molar-refractivity contribution in [3.05, 3.63) is 77.6 Å². The van der Waals surface area contributed by atoms with Gasteiger partial charge in [-0.2, -0.15) is 0 Å². The molecule has 0 spiro atoms. The number of fused-ring (bicyclic) bond motifs is 6. The van der Waals surface area contributed by atoms with E-state index in [0.717, 1.165) is 12.8 Å². The van der Waals surface area contributed by atoms with Crippen molar-refractivity contribution in [2.45, 2.75) is 24.9 Å². The molecule has 0 radical (unpaired) electrons. The van der Waals surface area contributed by atoms with Gasteiger partial charge in [-0.3, -0.25) is 0 Å². The van der Waals surface area contributed by atoms with Gasteiger partial charge in [0.25, 0.3) is 0 Å². The maximum absolute atomic E-state index is 2.49. The van der Waals surface area contributed by atoms with E-state index in [1.807, 2.05) is 0 Å². The second kappa shape index (κ2) is 5.29. The predicted molar refractivity (Wildman–Crippen MR) is 112 cm³/mol. The van der Waals surface area contributed by atoms with Gasteiger partial charge >= 0.3 is 0 Å². The smallest absolute Gasteiger partial charge is 0.111 e. The SMILES string of the molecule is CN1C=CC2c3cc(-n4c5c(c6ccccc64)C=CCC5)ccc3N(C)C21. The van der Waals surface area contributed by atoms with Gasteiger partial charge in [0.2, 0.25) is 0 Å². The van der Waals surface area contributed by atoms with Crippen molar-refractivity contribution in [1.82, 2.24) is 9.47 Å². The Morgan fingerprint density at radius 3 is 2.85 bits per heavy atom. The van der Waals surface area contributed by atoms with E-state index < -0.39 is 0 Å². The summed E-state index contributed by atoms with van der Waals surface area (Å²) in [6.45, 7) is 0. The number of allylic oxidation sites excluding steroid dienone is 1. The fourth-order valence-electron chi connectivity index (χ4n) is 5.33. The van der Waals surface area contributed by atoms with Gasteiger partial charge in [-0.05, 0) is 48.9 Å². The first-order chi connectivity index (χ1) is 13.2. The fourth-order valence-corrected chi connectivity index (χ4v) is 5.33. The molecular formula is C24H23N3. The lowest BCUT2D eigenvalue weighted by Crippen LogP contribution is -2.38. The van der Waals surface area contributed by atoms with Gasteiger partial charge in [0.05, 0.1) is 5.52 Å². The van der Waals surface area contributed by atoms with Crippen LogP contribution < -0.4 is 4.90 Å². The van der Waals surface area contributed by atoms with Crippen molar-refractivity contribution in [1.29, 1.82) is 0 Å². The minimum atomic E-state index is 0.411. The third-order valence-electron chi connectivity index (χ3n) is 6.52. The molecule has 134 valence electrons. The van der Waals surface area contributed by atoms with E-state index in [9.17, 15) is 0 Å². The largest absolute Gasteiger partial charge is 0.360 e. The molecule has 3 heterocycles. The third kappa shape index (κ3) is 1.92. The van der Waals surface area contributed by atoms with Crippen molar-refractivity contribution in [2.75, 3.05) is 19.0 Å². The summed E-state index contributed by atoms with van der Waals surface area (Å²) < 4.78 is 2.49. The Morgan fingerprint density at radius 2 is 1.93 bits per heavy atom. The van der Waals surface area contributed by atoms with E-state index in [2.05, 4.69) is 95.4 Å². The van der Waals surface area contributed by atoms with Crippen molar-refractivity contribution in [2.24, 2.45) is 0 Å². The molecule has 2 aliphatic heterocycles. The summed E-state index contributed by atoms with van der Waals surface area (Å²) in [7, 11) is 4.39. The van der Waals surface area contributed by atoms with Crippen LogP contribution in [0.3, 0.4) is 0 Å². The van der Waals surface area contributed by atoms with E-state index in [1.165, 1.54) is 39.1 Å². The topological polar surface area (TPSA) is 11.4 Å². The lowest BCUT2D eigenvalue weighted by Gasteiger charge is -2.29. The average molecular weight is 353 g/mol. The van der Waals surface area contributed by atoms with Crippen LogP contribution in [-0.4, -0.2) is 29.7 Å². The second-order valence-corrected chi connectivity index (χ2v) is 7.95. The number of nitrogens with zero attached hydrogens (tertiary/aromatic N) is 3. The van der Waals surface area contributed by atoms with E-state index in [-0.39, 0.29) is 0 Å². The first-order valence-electron chi connectivity index (χ1n) is 9.80. The lowest BCUT2D eigenvalue weighted by molar-refractivity contribution is 0.346. The summed E-state index contributed by atoms with van der Waals surface area (Å²) in [5.74, 6) is 0.451. The van der Waals surface area contributed by atoms with E-state index in [4.69, 9.17) is 0 Å². The van der Waals surface area contributed by atoms with Crippen LogP contribution in [0.4, 0.5) is 5.69 Å². The van der Waals surface area contributed by atoms with Crippen LogP contribution in [0, 0.1) is 0 Å². The van der Waals surface area contributed by atoms with Crippen LogP contribution in [0.2, 0.25) is 0 Å². The fraction of sp³-hybridized carbons (Fsp3) is 0.250. The molecule has 1 aromatic heterocycles. The Labute approximate surface area is 159 Å². The summed E-state index contributed by atoms with van der Waals surface area (Å²) in [5.41, 5.74) is 8.25. The van der Waals surface area contributed by atoms with Crippen molar-refractivity contribution < 1.29 is 0 Å². The molecule has 0 bridgehead atoms. The number of rotatable bonds is 1. The van der Waals surface area contributed by atoms with Crippen LogP contribution >= 0.6 is 0 Å². The van der Waals surface area contributed by atoms with Crippen LogP contribution in [0.15, 0.2) is 60.8 Å². The molecule has 2 atom stereocenters. The molecule has 3 aromatic rings.